The summed E-state index contributed by atoms with van der Waals surface area (Å²) >= 11 is 5.87. The van der Waals surface area contributed by atoms with Crippen molar-refractivity contribution >= 4 is 38.9 Å². The van der Waals surface area contributed by atoms with Gasteiger partial charge in [-0.15, -0.1) is 0 Å². The van der Waals surface area contributed by atoms with Gasteiger partial charge in [0.25, 0.3) is 0 Å². The van der Waals surface area contributed by atoms with Crippen LogP contribution in [0, 0.1) is 0 Å². The Morgan fingerprint density at radius 2 is 1.62 bits per heavy atom. The van der Waals surface area contributed by atoms with Crippen molar-refractivity contribution in [3.05, 3.63) is 53.6 Å². The Bertz CT molecular complexity index is 762. The molecule has 0 saturated carbocycles. The van der Waals surface area contributed by atoms with Gasteiger partial charge in [0.15, 0.2) is 0 Å². The average Bonchev–Trinajstić information content (AvgIpc) is 2.69. The van der Waals surface area contributed by atoms with Crippen molar-refractivity contribution in [2.75, 3.05) is 21.7 Å². The van der Waals surface area contributed by atoms with E-state index in [4.69, 9.17) is 17.3 Å². The van der Waals surface area contributed by atoms with E-state index in [0.29, 0.717) is 22.1 Å². The number of nitrogens with zero attached hydrogens (tertiary/aromatic N) is 2. The molecular weight excluding hydrogens is 310 g/mol. The third kappa shape index (κ3) is 2.25. The molecule has 0 atom stereocenters. The Morgan fingerprint density at radius 1 is 1.00 bits per heavy atom. The van der Waals surface area contributed by atoms with Crippen molar-refractivity contribution in [2.24, 2.45) is 5.73 Å². The molecule has 7 heteroatoms. The van der Waals surface area contributed by atoms with E-state index >= 15 is 0 Å². The summed E-state index contributed by atoms with van der Waals surface area (Å²) in [7, 11) is -3.67. The summed E-state index contributed by atoms with van der Waals surface area (Å²) in [6.07, 6.45) is 0. The van der Waals surface area contributed by atoms with Gasteiger partial charge in [0.1, 0.15) is 0 Å². The maximum atomic E-state index is 12.8. The van der Waals surface area contributed by atoms with Crippen LogP contribution in [0.1, 0.15) is 0 Å². The summed E-state index contributed by atoms with van der Waals surface area (Å²) in [6.45, 7) is 0.492. The van der Waals surface area contributed by atoms with Crippen LogP contribution >= 0.6 is 11.6 Å². The second-order valence-corrected chi connectivity index (χ2v) is 6.74. The normalized spacial score (nSPS) is 16.1. The van der Waals surface area contributed by atoms with Crippen molar-refractivity contribution < 1.29 is 8.42 Å². The minimum Gasteiger partial charge on any atom is -0.329 e. The van der Waals surface area contributed by atoms with Gasteiger partial charge in [0.05, 0.1) is 17.1 Å². The molecule has 0 amide bonds. The minimum absolute atomic E-state index is 0.240. The minimum atomic E-state index is -3.67. The van der Waals surface area contributed by atoms with E-state index in [1.54, 1.807) is 36.4 Å². The molecule has 0 aliphatic carbocycles. The molecule has 2 aromatic carbocycles. The van der Waals surface area contributed by atoms with E-state index in [0.717, 1.165) is 0 Å². The summed E-state index contributed by atoms with van der Waals surface area (Å²) in [4.78, 5) is 0. The van der Waals surface area contributed by atoms with E-state index in [-0.39, 0.29) is 13.1 Å². The van der Waals surface area contributed by atoms with E-state index in [9.17, 15) is 8.42 Å². The second kappa shape index (κ2) is 5.22. The molecule has 0 bridgehead atoms. The number of rotatable bonds is 3. The molecule has 0 saturated heterocycles. The lowest BCUT2D eigenvalue weighted by molar-refractivity contribution is 0.594. The molecule has 2 aromatic rings. The van der Waals surface area contributed by atoms with Gasteiger partial charge in [-0.3, -0.25) is 0 Å². The lowest BCUT2D eigenvalue weighted by atomic mass is 10.2. The molecule has 0 spiro atoms. The van der Waals surface area contributed by atoms with Crippen LogP contribution in [0.15, 0.2) is 48.5 Å². The molecule has 110 valence electrons. The number of fused-ring (bicyclic) bond motifs is 1. The molecule has 1 aliphatic heterocycles. The molecule has 3 rings (SSSR count). The molecule has 0 unspecified atom stereocenters. The van der Waals surface area contributed by atoms with Gasteiger partial charge in [-0.25, -0.2) is 8.61 Å². The maximum Gasteiger partial charge on any atom is 0.331 e. The van der Waals surface area contributed by atoms with Crippen molar-refractivity contribution in [1.82, 2.24) is 0 Å². The van der Waals surface area contributed by atoms with Gasteiger partial charge in [-0.1, -0.05) is 23.7 Å². The number of halogens is 1. The molecular formula is C14H14ClN3O2S. The van der Waals surface area contributed by atoms with Crippen LogP contribution in [0.4, 0.5) is 17.1 Å². The average molecular weight is 324 g/mol. The summed E-state index contributed by atoms with van der Waals surface area (Å²) in [5, 5.41) is 0.558. The van der Waals surface area contributed by atoms with Gasteiger partial charge in [-0.2, -0.15) is 8.42 Å². The van der Waals surface area contributed by atoms with E-state index in [1.807, 2.05) is 12.1 Å². The first kappa shape index (κ1) is 14.2. The predicted molar refractivity (Wildman–Crippen MR) is 85.4 cm³/mol. The van der Waals surface area contributed by atoms with Crippen LogP contribution in [0.5, 0.6) is 0 Å². The standard InChI is InChI=1S/C14H14ClN3O2S/c15-11-5-7-12(8-6-11)18-14-4-2-1-3-13(14)17(10-9-16)21(18,19)20/h1-8H,9-10,16H2. The summed E-state index contributed by atoms with van der Waals surface area (Å²) in [5.74, 6) is 0. The highest BCUT2D eigenvalue weighted by Gasteiger charge is 2.40. The first-order valence-electron chi connectivity index (χ1n) is 6.43. The number of hydrogen-bond donors (Lipinski definition) is 1. The van der Waals surface area contributed by atoms with Crippen molar-refractivity contribution in [3.8, 4) is 0 Å². The monoisotopic (exact) mass is 323 g/mol. The van der Waals surface area contributed by atoms with Crippen LogP contribution in [-0.2, 0) is 10.2 Å². The largest absolute Gasteiger partial charge is 0.331 e. The summed E-state index contributed by atoms with van der Waals surface area (Å²) in [5.41, 5.74) is 7.35. The smallest absolute Gasteiger partial charge is 0.329 e. The molecule has 1 heterocycles. The van der Waals surface area contributed by atoms with Gasteiger partial charge in [0, 0.05) is 18.1 Å². The van der Waals surface area contributed by atoms with E-state index in [1.165, 1.54) is 8.61 Å². The fraction of sp³-hybridized carbons (Fsp3) is 0.143. The lowest BCUT2D eigenvalue weighted by Crippen LogP contribution is -2.38. The molecule has 0 fully saturated rings. The summed E-state index contributed by atoms with van der Waals surface area (Å²) in [6, 6.07) is 13.9. The molecule has 0 aromatic heterocycles. The Morgan fingerprint density at radius 3 is 2.24 bits per heavy atom. The molecule has 21 heavy (non-hydrogen) atoms. The Labute approximate surface area is 128 Å². The van der Waals surface area contributed by atoms with Gasteiger partial charge in [0.2, 0.25) is 0 Å². The number of benzene rings is 2. The molecule has 0 radical (unpaired) electrons. The Kier molecular flexibility index (Phi) is 3.52. The first-order valence-corrected chi connectivity index (χ1v) is 8.21. The van der Waals surface area contributed by atoms with Gasteiger partial charge in [-0.05, 0) is 36.4 Å². The highest BCUT2D eigenvalue weighted by atomic mass is 35.5. The molecule has 1 aliphatic rings. The lowest BCUT2D eigenvalue weighted by Gasteiger charge is -2.21. The zero-order valence-corrected chi connectivity index (χ0v) is 12.7. The zero-order chi connectivity index (χ0) is 15.0. The van der Waals surface area contributed by atoms with Crippen molar-refractivity contribution in [3.63, 3.8) is 0 Å². The number of nitrogens with two attached hydrogens (primary N) is 1. The van der Waals surface area contributed by atoms with Crippen LogP contribution in [0.2, 0.25) is 5.02 Å². The van der Waals surface area contributed by atoms with Crippen LogP contribution in [0.3, 0.4) is 0 Å². The summed E-state index contributed by atoms with van der Waals surface area (Å²) < 4.78 is 28.2. The first-order chi connectivity index (χ1) is 10.1. The topological polar surface area (TPSA) is 66.6 Å². The van der Waals surface area contributed by atoms with Crippen LogP contribution < -0.4 is 14.3 Å². The fourth-order valence-corrected chi connectivity index (χ4v) is 4.25. The van der Waals surface area contributed by atoms with E-state index in [2.05, 4.69) is 0 Å². The number of anilines is 3. The Balaban J connectivity index is 2.18. The number of hydrogen-bond acceptors (Lipinski definition) is 3. The van der Waals surface area contributed by atoms with E-state index < -0.39 is 10.2 Å². The second-order valence-electron chi connectivity index (χ2n) is 4.60. The fourth-order valence-electron chi connectivity index (χ4n) is 2.40. The predicted octanol–water partition coefficient (Wildman–Crippen LogP) is 2.50. The van der Waals surface area contributed by atoms with Crippen LogP contribution in [-0.4, -0.2) is 21.5 Å². The van der Waals surface area contributed by atoms with Crippen LogP contribution in [0.25, 0.3) is 0 Å². The Hall–Kier alpha value is -1.76. The van der Waals surface area contributed by atoms with Gasteiger partial charge < -0.3 is 5.73 Å². The van der Waals surface area contributed by atoms with Crippen molar-refractivity contribution in [2.45, 2.75) is 0 Å². The maximum absolute atomic E-state index is 12.8. The quantitative estimate of drug-likeness (QED) is 0.943. The third-order valence-corrected chi connectivity index (χ3v) is 5.33. The third-order valence-electron chi connectivity index (χ3n) is 3.27. The number of para-hydroxylation sites is 2. The molecule has 2 N–H and O–H groups in total. The zero-order valence-electron chi connectivity index (χ0n) is 11.1. The van der Waals surface area contributed by atoms with Gasteiger partial charge >= 0.3 is 10.2 Å². The molecule has 5 nitrogen and oxygen atoms in total. The SMILES string of the molecule is NCCN1c2ccccc2N(c2ccc(Cl)cc2)S1(=O)=O. The van der Waals surface area contributed by atoms with Crippen molar-refractivity contribution in [1.29, 1.82) is 0 Å². The highest BCUT2D eigenvalue weighted by Crippen LogP contribution is 2.44. The highest BCUT2D eigenvalue weighted by molar-refractivity contribution is 7.95.